The summed E-state index contributed by atoms with van der Waals surface area (Å²) >= 11 is 0. The van der Waals surface area contributed by atoms with Crippen molar-refractivity contribution in [2.45, 2.75) is 17.6 Å². The largest absolute Gasteiger partial charge is 0.478 e. The van der Waals surface area contributed by atoms with Gasteiger partial charge in [0, 0.05) is 19.8 Å². The van der Waals surface area contributed by atoms with Gasteiger partial charge in [0.2, 0.25) is 0 Å². The number of alkyl halides is 3. The normalized spacial score (nSPS) is 12.7. The number of carboxylic acids is 1. The zero-order valence-corrected chi connectivity index (χ0v) is 11.1. The van der Waals surface area contributed by atoms with Crippen LogP contribution in [0.25, 0.3) is 0 Å². The van der Waals surface area contributed by atoms with Gasteiger partial charge in [0.05, 0.1) is 12.0 Å². The molecule has 0 unspecified atom stereocenters. The van der Waals surface area contributed by atoms with Gasteiger partial charge in [-0.3, -0.25) is 0 Å². The first-order valence-corrected chi connectivity index (χ1v) is 6.70. The molecule has 0 saturated carbocycles. The Bertz CT molecular complexity index is 584. The Hall–Kier alpha value is -1.68. The van der Waals surface area contributed by atoms with E-state index in [1.54, 1.807) is 0 Å². The highest BCUT2D eigenvalue weighted by atomic mass is 32.2. The van der Waals surface area contributed by atoms with E-state index in [1.807, 2.05) is 0 Å². The summed E-state index contributed by atoms with van der Waals surface area (Å²) < 4.78 is 60.4. The van der Waals surface area contributed by atoms with Crippen LogP contribution in [-0.2, 0) is 10.0 Å². The molecule has 0 spiro atoms. The molecule has 0 aliphatic rings. The van der Waals surface area contributed by atoms with Crippen LogP contribution in [0.3, 0.4) is 0 Å². The number of aromatic nitrogens is 1. The third-order valence-electron chi connectivity index (χ3n) is 2.37. The first kappa shape index (κ1) is 16.4. The second kappa shape index (κ2) is 5.75. The summed E-state index contributed by atoms with van der Waals surface area (Å²) in [4.78, 5) is 14.0. The Morgan fingerprint density at radius 1 is 1.40 bits per heavy atom. The predicted molar refractivity (Wildman–Crippen MR) is 61.7 cm³/mol. The predicted octanol–water partition coefficient (Wildman–Crippen LogP) is 1.35. The summed E-state index contributed by atoms with van der Waals surface area (Å²) in [6.07, 6.45) is -4.92. The fourth-order valence-corrected chi connectivity index (χ4v) is 2.30. The lowest BCUT2D eigenvalue weighted by Crippen LogP contribution is -2.31. The lowest BCUT2D eigenvalue weighted by atomic mass is 10.3. The van der Waals surface area contributed by atoms with E-state index in [-0.39, 0.29) is 5.56 Å². The van der Waals surface area contributed by atoms with Crippen molar-refractivity contribution in [3.05, 3.63) is 23.9 Å². The van der Waals surface area contributed by atoms with E-state index in [0.717, 1.165) is 25.4 Å². The van der Waals surface area contributed by atoms with Gasteiger partial charge in [-0.2, -0.15) is 17.5 Å². The van der Waals surface area contributed by atoms with Gasteiger partial charge in [-0.05, 0) is 12.1 Å². The second-order valence-corrected chi connectivity index (χ2v) is 5.87. The van der Waals surface area contributed by atoms with Crippen LogP contribution >= 0.6 is 0 Å². The van der Waals surface area contributed by atoms with Crippen molar-refractivity contribution in [1.82, 2.24) is 9.29 Å². The minimum atomic E-state index is -4.47. The van der Waals surface area contributed by atoms with Gasteiger partial charge >= 0.3 is 12.1 Å². The molecule has 6 nitrogen and oxygen atoms in total. The summed E-state index contributed by atoms with van der Waals surface area (Å²) in [5.74, 6) is -1.29. The Morgan fingerprint density at radius 2 is 2.00 bits per heavy atom. The lowest BCUT2D eigenvalue weighted by Gasteiger charge is -2.17. The molecule has 0 aliphatic heterocycles. The van der Waals surface area contributed by atoms with Gasteiger partial charge < -0.3 is 5.11 Å². The molecule has 0 fully saturated rings. The van der Waals surface area contributed by atoms with Crippen molar-refractivity contribution in [3.8, 4) is 0 Å². The maximum Gasteiger partial charge on any atom is 0.390 e. The number of carbonyl (C=O) groups is 1. The summed E-state index contributed by atoms with van der Waals surface area (Å²) in [6, 6.07) is 1.95. The molecular formula is C10H11F3N2O4S. The van der Waals surface area contributed by atoms with E-state index in [9.17, 15) is 26.4 Å². The SMILES string of the molecule is CN(CCC(F)(F)F)S(=O)(=O)c1ccc(C(=O)O)cn1. The van der Waals surface area contributed by atoms with Gasteiger partial charge in [-0.15, -0.1) is 0 Å². The molecule has 1 aromatic rings. The molecule has 112 valence electrons. The zero-order valence-electron chi connectivity index (χ0n) is 10.3. The molecule has 1 aromatic heterocycles. The minimum Gasteiger partial charge on any atom is -0.478 e. The number of hydrogen-bond donors (Lipinski definition) is 1. The molecule has 10 heteroatoms. The van der Waals surface area contributed by atoms with Gasteiger partial charge in [0.15, 0.2) is 5.03 Å². The van der Waals surface area contributed by atoms with Crippen LogP contribution in [0.4, 0.5) is 13.2 Å². The van der Waals surface area contributed by atoms with Crippen LogP contribution in [0, 0.1) is 0 Å². The van der Waals surface area contributed by atoms with E-state index in [0.29, 0.717) is 4.31 Å². The molecule has 1 rings (SSSR count). The summed E-state index contributed by atoms with van der Waals surface area (Å²) in [5, 5.41) is 8.13. The average Bonchev–Trinajstić information content (AvgIpc) is 2.35. The van der Waals surface area contributed by atoms with Crippen molar-refractivity contribution >= 4 is 16.0 Å². The minimum absolute atomic E-state index is 0.220. The number of carboxylic acid groups (broad SMARTS) is 1. The van der Waals surface area contributed by atoms with E-state index < -0.39 is 40.2 Å². The fourth-order valence-electron chi connectivity index (χ4n) is 1.22. The maximum absolute atomic E-state index is 12.0. The number of halogens is 3. The number of hydrogen-bond acceptors (Lipinski definition) is 4. The smallest absolute Gasteiger partial charge is 0.390 e. The Kier molecular flexibility index (Phi) is 4.71. The standard InChI is InChI=1S/C10H11F3N2O4S/c1-15(5-4-10(11,12)13)20(18,19)8-3-2-7(6-14-8)9(16)17/h2-3,6H,4-5H2,1H3,(H,16,17). The van der Waals surface area contributed by atoms with Gasteiger partial charge in [-0.1, -0.05) is 0 Å². The molecule has 0 aromatic carbocycles. The van der Waals surface area contributed by atoms with Gasteiger partial charge in [-0.25, -0.2) is 18.2 Å². The molecule has 20 heavy (non-hydrogen) atoms. The average molecular weight is 312 g/mol. The summed E-state index contributed by atoms with van der Waals surface area (Å²) in [7, 11) is -3.18. The highest BCUT2D eigenvalue weighted by molar-refractivity contribution is 7.89. The Balaban J connectivity index is 2.90. The van der Waals surface area contributed by atoms with Gasteiger partial charge in [0.25, 0.3) is 10.0 Å². The van der Waals surface area contributed by atoms with Crippen LogP contribution in [-0.4, -0.2) is 48.6 Å². The first-order chi connectivity index (χ1) is 9.04. The summed E-state index contributed by atoms with van der Waals surface area (Å²) in [5.41, 5.74) is -0.220. The molecule has 0 aliphatic carbocycles. The summed E-state index contributed by atoms with van der Waals surface area (Å²) in [6.45, 7) is -0.742. The van der Waals surface area contributed by atoms with E-state index in [1.165, 1.54) is 0 Å². The molecule has 1 heterocycles. The van der Waals surface area contributed by atoms with Crippen LogP contribution in [0.5, 0.6) is 0 Å². The van der Waals surface area contributed by atoms with Crippen LogP contribution in [0.1, 0.15) is 16.8 Å². The molecular weight excluding hydrogens is 301 g/mol. The van der Waals surface area contributed by atoms with Crippen molar-refractivity contribution in [2.75, 3.05) is 13.6 Å². The van der Waals surface area contributed by atoms with E-state index >= 15 is 0 Å². The lowest BCUT2D eigenvalue weighted by molar-refractivity contribution is -0.135. The number of pyridine rings is 1. The molecule has 0 saturated heterocycles. The first-order valence-electron chi connectivity index (χ1n) is 5.26. The van der Waals surface area contributed by atoms with Crippen molar-refractivity contribution in [1.29, 1.82) is 0 Å². The van der Waals surface area contributed by atoms with Crippen molar-refractivity contribution in [3.63, 3.8) is 0 Å². The second-order valence-electron chi connectivity index (χ2n) is 3.88. The molecule has 1 N–H and O–H groups in total. The van der Waals surface area contributed by atoms with Gasteiger partial charge in [0.1, 0.15) is 0 Å². The Labute approximate surface area is 112 Å². The number of rotatable bonds is 5. The monoisotopic (exact) mass is 312 g/mol. The fraction of sp³-hybridized carbons (Fsp3) is 0.400. The van der Waals surface area contributed by atoms with Crippen molar-refractivity contribution < 1.29 is 31.5 Å². The van der Waals surface area contributed by atoms with E-state index in [4.69, 9.17) is 5.11 Å². The number of aromatic carboxylic acids is 1. The molecule has 0 bridgehead atoms. The van der Waals surface area contributed by atoms with Crippen LogP contribution in [0.15, 0.2) is 23.4 Å². The van der Waals surface area contributed by atoms with E-state index in [2.05, 4.69) is 4.98 Å². The highest BCUT2D eigenvalue weighted by Gasteiger charge is 2.30. The van der Waals surface area contributed by atoms with Crippen LogP contribution in [0.2, 0.25) is 0 Å². The number of nitrogens with zero attached hydrogens (tertiary/aromatic N) is 2. The number of sulfonamides is 1. The van der Waals surface area contributed by atoms with Crippen molar-refractivity contribution in [2.24, 2.45) is 0 Å². The molecule has 0 atom stereocenters. The Morgan fingerprint density at radius 3 is 2.40 bits per heavy atom. The zero-order chi connectivity index (χ0) is 15.6. The van der Waals surface area contributed by atoms with Crippen LogP contribution < -0.4 is 0 Å². The third kappa shape index (κ3) is 4.17. The molecule has 0 amide bonds. The molecule has 0 radical (unpaired) electrons. The third-order valence-corrected chi connectivity index (χ3v) is 4.14. The maximum atomic E-state index is 12.0. The quantitative estimate of drug-likeness (QED) is 0.887. The highest BCUT2D eigenvalue weighted by Crippen LogP contribution is 2.21. The topological polar surface area (TPSA) is 87.6 Å².